The van der Waals surface area contributed by atoms with E-state index in [9.17, 15) is 14.7 Å². The number of aryl methyl sites for hydroxylation is 2. The molecular weight excluding hydrogens is 346 g/mol. The molecule has 0 aromatic carbocycles. The number of nitrogens with zero attached hydrogens (tertiary/aromatic N) is 5. The summed E-state index contributed by atoms with van der Waals surface area (Å²) >= 11 is 0. The number of imidazole rings is 1. The third kappa shape index (κ3) is 4.10. The van der Waals surface area contributed by atoms with Crippen LogP contribution in [0.3, 0.4) is 0 Å². The van der Waals surface area contributed by atoms with Gasteiger partial charge in [-0.25, -0.2) is 9.78 Å². The Labute approximate surface area is 160 Å². The van der Waals surface area contributed by atoms with E-state index in [0.29, 0.717) is 52.0 Å². The minimum absolute atomic E-state index is 0.0345. The molecule has 1 aromatic rings. The second-order valence-corrected chi connectivity index (χ2v) is 7.90. The monoisotopic (exact) mass is 377 g/mol. The molecule has 1 N–H and O–H groups in total. The van der Waals surface area contributed by atoms with Crippen LogP contribution < -0.4 is 0 Å². The Morgan fingerprint density at radius 1 is 1.26 bits per heavy atom. The molecule has 3 heterocycles. The number of carbonyl (C=O) groups excluding carboxylic acids is 2. The van der Waals surface area contributed by atoms with Crippen LogP contribution in [0.4, 0.5) is 4.79 Å². The number of carbonyl (C=O) groups is 2. The first-order valence-corrected chi connectivity index (χ1v) is 9.80. The summed E-state index contributed by atoms with van der Waals surface area (Å²) in [6.45, 7) is 4.83. The van der Waals surface area contributed by atoms with Gasteiger partial charge in [0.15, 0.2) is 0 Å². The fourth-order valence-corrected chi connectivity index (χ4v) is 4.22. The van der Waals surface area contributed by atoms with Gasteiger partial charge in [-0.15, -0.1) is 0 Å². The standard InChI is InChI=1S/C19H31N5O3/c1-4-16-20-8-12-22(16)9-5-17(25)23-10-6-19(27)7-11-24(14-15(19)13-23)18(26)21(2)3/h8,12,15,27H,4-7,9-11,13-14H2,1-3H3/t15-,19-/m1/s1. The lowest BCUT2D eigenvalue weighted by Gasteiger charge is -2.50. The number of urea groups is 1. The SMILES string of the molecule is CCc1nccn1CCC(=O)N1CC[C@@]2(O)CCN(C(=O)N(C)C)C[C@H]2C1. The lowest BCUT2D eigenvalue weighted by atomic mass is 9.75. The Hall–Kier alpha value is -2.09. The summed E-state index contributed by atoms with van der Waals surface area (Å²) in [6, 6.07) is -0.0345. The molecular formula is C19H31N5O3. The molecule has 2 aliphatic rings. The molecule has 2 fully saturated rings. The minimum atomic E-state index is -0.764. The van der Waals surface area contributed by atoms with Crippen LogP contribution in [-0.2, 0) is 17.8 Å². The van der Waals surface area contributed by atoms with Crippen molar-refractivity contribution >= 4 is 11.9 Å². The fraction of sp³-hybridized carbons (Fsp3) is 0.737. The maximum atomic E-state index is 12.7. The molecule has 150 valence electrons. The molecule has 0 saturated carbocycles. The smallest absolute Gasteiger partial charge is 0.319 e. The van der Waals surface area contributed by atoms with Crippen molar-refractivity contribution in [2.75, 3.05) is 40.3 Å². The molecule has 8 nitrogen and oxygen atoms in total. The van der Waals surface area contributed by atoms with Gasteiger partial charge in [0, 0.05) is 78.0 Å². The van der Waals surface area contributed by atoms with Gasteiger partial charge in [-0.3, -0.25) is 4.79 Å². The van der Waals surface area contributed by atoms with E-state index in [1.54, 1.807) is 30.1 Å². The molecule has 3 rings (SSSR count). The van der Waals surface area contributed by atoms with E-state index < -0.39 is 5.60 Å². The number of rotatable bonds is 4. The first-order valence-electron chi connectivity index (χ1n) is 9.80. The van der Waals surface area contributed by atoms with Crippen LogP contribution in [0.5, 0.6) is 0 Å². The van der Waals surface area contributed by atoms with E-state index in [-0.39, 0.29) is 17.9 Å². The number of piperidine rings is 2. The number of amides is 3. The predicted octanol–water partition coefficient (Wildman–Crippen LogP) is 0.803. The minimum Gasteiger partial charge on any atom is -0.389 e. The molecule has 27 heavy (non-hydrogen) atoms. The van der Waals surface area contributed by atoms with Gasteiger partial charge in [0.05, 0.1) is 5.60 Å². The van der Waals surface area contributed by atoms with Crippen molar-refractivity contribution in [3.8, 4) is 0 Å². The molecule has 2 aliphatic heterocycles. The highest BCUT2D eigenvalue weighted by Crippen LogP contribution is 2.35. The highest BCUT2D eigenvalue weighted by molar-refractivity contribution is 5.76. The first-order chi connectivity index (χ1) is 12.8. The van der Waals surface area contributed by atoms with Crippen LogP contribution in [0.25, 0.3) is 0 Å². The van der Waals surface area contributed by atoms with Gasteiger partial charge in [-0.2, -0.15) is 0 Å². The second kappa shape index (κ2) is 7.88. The third-order valence-electron chi connectivity index (χ3n) is 5.96. The van der Waals surface area contributed by atoms with Crippen molar-refractivity contribution in [3.05, 3.63) is 18.2 Å². The summed E-state index contributed by atoms with van der Waals surface area (Å²) < 4.78 is 2.02. The molecule has 2 saturated heterocycles. The van der Waals surface area contributed by atoms with Crippen molar-refractivity contribution in [1.29, 1.82) is 0 Å². The summed E-state index contributed by atoms with van der Waals surface area (Å²) in [5, 5.41) is 11.0. The number of fused-ring (bicyclic) bond motifs is 1. The van der Waals surface area contributed by atoms with Gasteiger partial charge in [-0.1, -0.05) is 6.92 Å². The van der Waals surface area contributed by atoms with Crippen LogP contribution in [0.15, 0.2) is 12.4 Å². The molecule has 0 spiro atoms. The van der Waals surface area contributed by atoms with E-state index in [2.05, 4.69) is 11.9 Å². The van der Waals surface area contributed by atoms with Crippen molar-refractivity contribution in [3.63, 3.8) is 0 Å². The summed E-state index contributed by atoms with van der Waals surface area (Å²) in [7, 11) is 3.47. The van der Waals surface area contributed by atoms with Gasteiger partial charge in [0.1, 0.15) is 5.82 Å². The second-order valence-electron chi connectivity index (χ2n) is 7.90. The van der Waals surface area contributed by atoms with Gasteiger partial charge in [-0.05, 0) is 12.8 Å². The Kier molecular flexibility index (Phi) is 5.74. The van der Waals surface area contributed by atoms with Crippen molar-refractivity contribution < 1.29 is 14.7 Å². The zero-order chi connectivity index (χ0) is 19.6. The van der Waals surface area contributed by atoms with E-state index >= 15 is 0 Å². The zero-order valence-electron chi connectivity index (χ0n) is 16.6. The number of hydrogen-bond donors (Lipinski definition) is 1. The summed E-state index contributed by atoms with van der Waals surface area (Å²) in [4.78, 5) is 34.5. The largest absolute Gasteiger partial charge is 0.389 e. The molecule has 0 radical (unpaired) electrons. The van der Waals surface area contributed by atoms with Crippen LogP contribution in [0.2, 0.25) is 0 Å². The molecule has 1 aromatic heterocycles. The van der Waals surface area contributed by atoms with E-state index in [1.807, 2.05) is 15.7 Å². The van der Waals surface area contributed by atoms with Gasteiger partial charge >= 0.3 is 6.03 Å². The Bertz CT molecular complexity index is 689. The summed E-state index contributed by atoms with van der Waals surface area (Å²) in [5.41, 5.74) is -0.764. The van der Waals surface area contributed by atoms with Gasteiger partial charge in [0.2, 0.25) is 5.91 Å². The number of aliphatic hydroxyl groups is 1. The van der Waals surface area contributed by atoms with Crippen LogP contribution in [0.1, 0.15) is 32.0 Å². The first kappa shape index (κ1) is 19.7. The summed E-state index contributed by atoms with van der Waals surface area (Å²) in [5.74, 6) is 0.997. The Morgan fingerprint density at radius 2 is 1.93 bits per heavy atom. The fourth-order valence-electron chi connectivity index (χ4n) is 4.22. The Morgan fingerprint density at radius 3 is 2.59 bits per heavy atom. The van der Waals surface area contributed by atoms with Gasteiger partial charge in [0.25, 0.3) is 0 Å². The highest BCUT2D eigenvalue weighted by Gasteiger charge is 2.46. The quantitative estimate of drug-likeness (QED) is 0.842. The van der Waals surface area contributed by atoms with Crippen LogP contribution >= 0.6 is 0 Å². The zero-order valence-corrected chi connectivity index (χ0v) is 16.6. The van der Waals surface area contributed by atoms with Crippen molar-refractivity contribution in [2.24, 2.45) is 5.92 Å². The van der Waals surface area contributed by atoms with E-state index in [0.717, 1.165) is 12.2 Å². The molecule has 0 aliphatic carbocycles. The molecule has 0 bridgehead atoms. The lowest BCUT2D eigenvalue weighted by Crippen LogP contribution is -2.62. The molecule has 3 amide bonds. The number of likely N-dealkylation sites (tertiary alicyclic amines) is 2. The molecule has 8 heteroatoms. The van der Waals surface area contributed by atoms with Crippen LogP contribution in [-0.4, -0.2) is 87.2 Å². The number of hydrogen-bond acceptors (Lipinski definition) is 4. The molecule has 0 unspecified atom stereocenters. The maximum absolute atomic E-state index is 12.7. The average Bonchev–Trinajstić information content (AvgIpc) is 3.12. The number of aromatic nitrogens is 2. The normalized spacial score (nSPS) is 25.3. The van der Waals surface area contributed by atoms with Crippen LogP contribution in [0, 0.1) is 5.92 Å². The lowest BCUT2D eigenvalue weighted by molar-refractivity contribution is -0.145. The Balaban J connectivity index is 1.59. The van der Waals surface area contributed by atoms with Gasteiger partial charge < -0.3 is 24.4 Å². The van der Waals surface area contributed by atoms with Crippen molar-refractivity contribution in [2.45, 2.75) is 44.8 Å². The molecule has 2 atom stereocenters. The predicted molar refractivity (Wildman–Crippen MR) is 101 cm³/mol. The topological polar surface area (TPSA) is 81.9 Å². The third-order valence-corrected chi connectivity index (χ3v) is 5.96. The van der Waals surface area contributed by atoms with Crippen molar-refractivity contribution in [1.82, 2.24) is 24.3 Å². The van der Waals surface area contributed by atoms with E-state index in [4.69, 9.17) is 0 Å². The van der Waals surface area contributed by atoms with E-state index in [1.165, 1.54) is 0 Å². The maximum Gasteiger partial charge on any atom is 0.319 e. The average molecular weight is 377 g/mol. The summed E-state index contributed by atoms with van der Waals surface area (Å²) in [6.07, 6.45) is 6.10. The highest BCUT2D eigenvalue weighted by atomic mass is 16.3.